The largest absolute Gasteiger partial charge is 0.385 e. The predicted octanol–water partition coefficient (Wildman–Crippen LogP) is 8.16. The number of benzene rings is 4. The highest BCUT2D eigenvalue weighted by Crippen LogP contribution is 2.62. The minimum atomic E-state index is -0.0939. The van der Waals surface area contributed by atoms with E-state index in [2.05, 4.69) is 97.1 Å². The van der Waals surface area contributed by atoms with Crippen molar-refractivity contribution >= 4 is 0 Å². The van der Waals surface area contributed by atoms with Crippen molar-refractivity contribution in [2.75, 3.05) is 27.4 Å². The van der Waals surface area contributed by atoms with Gasteiger partial charge in [0.1, 0.15) is 0 Å². The van der Waals surface area contributed by atoms with Gasteiger partial charge in [-0.3, -0.25) is 0 Å². The number of ether oxygens (including phenoxy) is 2. The summed E-state index contributed by atoms with van der Waals surface area (Å²) in [4.78, 5) is 0. The molecule has 0 fully saturated rings. The average Bonchev–Trinajstić information content (AvgIpc) is 3.38. The van der Waals surface area contributed by atoms with Crippen LogP contribution < -0.4 is 0 Å². The van der Waals surface area contributed by atoms with Gasteiger partial charge >= 0.3 is 0 Å². The van der Waals surface area contributed by atoms with Gasteiger partial charge in [-0.25, -0.2) is 0 Å². The Morgan fingerprint density at radius 1 is 0.459 bits per heavy atom. The molecule has 0 radical (unpaired) electrons. The molecule has 0 unspecified atom stereocenters. The van der Waals surface area contributed by atoms with E-state index >= 15 is 0 Å². The molecule has 0 bridgehead atoms. The molecule has 0 aliphatic heterocycles. The highest BCUT2D eigenvalue weighted by Gasteiger charge is 2.52. The van der Waals surface area contributed by atoms with Crippen molar-refractivity contribution in [3.8, 4) is 22.3 Å². The highest BCUT2D eigenvalue weighted by atomic mass is 16.5. The van der Waals surface area contributed by atoms with E-state index in [1.54, 1.807) is 0 Å². The lowest BCUT2D eigenvalue weighted by atomic mass is 9.60. The van der Waals surface area contributed by atoms with Crippen LogP contribution in [0.2, 0.25) is 0 Å². The van der Waals surface area contributed by atoms with Crippen LogP contribution in [0.25, 0.3) is 22.3 Å². The molecule has 0 N–H and O–H groups in total. The molecule has 4 aromatic carbocycles. The van der Waals surface area contributed by atoms with Gasteiger partial charge in [0.05, 0.1) is 0 Å². The first kappa shape index (κ1) is 24.2. The standard InChI is InChI=1S/C35H36O2/c1-36-23-11-21-34(30-17-7-3-13-26(30)27-14-4-8-18-31(27)34)25-35(22-12-24-37-2)32-19-9-5-15-28(32)29-16-6-10-20-33(29)35/h3-10,13-20H,11-12,21-25H2,1-2H3. The molecule has 0 spiro atoms. The average molecular weight is 489 g/mol. The minimum absolute atomic E-state index is 0.0939. The summed E-state index contributed by atoms with van der Waals surface area (Å²) in [5.41, 5.74) is 11.3. The molecule has 2 nitrogen and oxygen atoms in total. The van der Waals surface area contributed by atoms with Crippen molar-refractivity contribution in [2.24, 2.45) is 0 Å². The van der Waals surface area contributed by atoms with Gasteiger partial charge in [-0.15, -0.1) is 0 Å². The molecule has 2 aliphatic carbocycles. The van der Waals surface area contributed by atoms with E-state index in [9.17, 15) is 0 Å². The molecule has 0 heterocycles. The Morgan fingerprint density at radius 3 is 1.05 bits per heavy atom. The Balaban J connectivity index is 1.60. The maximum atomic E-state index is 5.59. The summed E-state index contributed by atoms with van der Waals surface area (Å²) >= 11 is 0. The van der Waals surface area contributed by atoms with Crippen molar-refractivity contribution in [2.45, 2.75) is 42.9 Å². The van der Waals surface area contributed by atoms with Crippen LogP contribution in [0.4, 0.5) is 0 Å². The molecule has 0 saturated heterocycles. The SMILES string of the molecule is COCCCC1(CC2(CCCOC)c3ccccc3-c3ccccc32)c2ccccc2-c2ccccc21. The molecule has 6 rings (SSSR count). The zero-order valence-corrected chi connectivity index (χ0v) is 22.0. The first-order valence-electron chi connectivity index (χ1n) is 13.6. The van der Waals surface area contributed by atoms with Crippen molar-refractivity contribution < 1.29 is 9.47 Å². The minimum Gasteiger partial charge on any atom is -0.385 e. The van der Waals surface area contributed by atoms with Gasteiger partial charge in [-0.05, 0) is 76.6 Å². The summed E-state index contributed by atoms with van der Waals surface area (Å²) < 4.78 is 11.2. The van der Waals surface area contributed by atoms with Gasteiger partial charge in [0.15, 0.2) is 0 Å². The van der Waals surface area contributed by atoms with E-state index in [-0.39, 0.29) is 10.8 Å². The number of methoxy groups -OCH3 is 2. The van der Waals surface area contributed by atoms with E-state index < -0.39 is 0 Å². The predicted molar refractivity (Wildman–Crippen MR) is 152 cm³/mol. The van der Waals surface area contributed by atoms with E-state index in [1.807, 2.05) is 14.2 Å². The van der Waals surface area contributed by atoms with Gasteiger partial charge in [0.25, 0.3) is 0 Å². The molecule has 0 saturated carbocycles. The second-order valence-corrected chi connectivity index (χ2v) is 10.7. The Labute approximate surface area is 221 Å². The third-order valence-electron chi connectivity index (χ3n) is 8.86. The molecular formula is C35H36O2. The van der Waals surface area contributed by atoms with Crippen LogP contribution in [0.1, 0.15) is 54.4 Å². The van der Waals surface area contributed by atoms with Crippen molar-refractivity contribution in [3.05, 3.63) is 119 Å². The number of hydrogen-bond acceptors (Lipinski definition) is 2. The van der Waals surface area contributed by atoms with E-state index in [4.69, 9.17) is 9.47 Å². The van der Waals surface area contributed by atoms with Crippen LogP contribution in [0.3, 0.4) is 0 Å². The van der Waals surface area contributed by atoms with Gasteiger partial charge < -0.3 is 9.47 Å². The van der Waals surface area contributed by atoms with Crippen LogP contribution in [0, 0.1) is 0 Å². The van der Waals surface area contributed by atoms with Crippen LogP contribution in [0.5, 0.6) is 0 Å². The first-order chi connectivity index (χ1) is 18.2. The van der Waals surface area contributed by atoms with Crippen molar-refractivity contribution in [1.82, 2.24) is 0 Å². The molecule has 188 valence electrons. The zero-order valence-electron chi connectivity index (χ0n) is 22.0. The molecule has 0 amide bonds. The van der Waals surface area contributed by atoms with Crippen molar-refractivity contribution in [3.63, 3.8) is 0 Å². The van der Waals surface area contributed by atoms with Gasteiger partial charge in [0.2, 0.25) is 0 Å². The second-order valence-electron chi connectivity index (χ2n) is 10.7. The van der Waals surface area contributed by atoms with E-state index in [0.717, 1.165) is 45.3 Å². The van der Waals surface area contributed by atoms with E-state index in [1.165, 1.54) is 44.5 Å². The van der Waals surface area contributed by atoms with Crippen LogP contribution >= 0.6 is 0 Å². The molecule has 0 atom stereocenters. The summed E-state index contributed by atoms with van der Waals surface area (Å²) in [6, 6.07) is 36.5. The Morgan fingerprint density at radius 2 is 0.757 bits per heavy atom. The lowest BCUT2D eigenvalue weighted by molar-refractivity contribution is 0.173. The summed E-state index contributed by atoms with van der Waals surface area (Å²) in [5.74, 6) is 0. The third kappa shape index (κ3) is 3.77. The summed E-state index contributed by atoms with van der Waals surface area (Å²) in [5, 5.41) is 0. The van der Waals surface area contributed by atoms with Gasteiger partial charge in [-0.1, -0.05) is 97.1 Å². The third-order valence-corrected chi connectivity index (χ3v) is 8.86. The lowest BCUT2D eigenvalue weighted by Gasteiger charge is -2.43. The lowest BCUT2D eigenvalue weighted by Crippen LogP contribution is -2.38. The molecule has 2 aliphatic rings. The Hall–Kier alpha value is -3.20. The maximum Gasteiger partial charge on any atom is 0.0462 e. The van der Waals surface area contributed by atoms with Gasteiger partial charge in [0, 0.05) is 38.3 Å². The molecule has 2 heteroatoms. The number of hydrogen-bond donors (Lipinski definition) is 0. The highest BCUT2D eigenvalue weighted by molar-refractivity contribution is 5.84. The van der Waals surface area contributed by atoms with Crippen LogP contribution in [-0.2, 0) is 20.3 Å². The topological polar surface area (TPSA) is 18.5 Å². The quantitative estimate of drug-likeness (QED) is 0.210. The summed E-state index contributed by atoms with van der Waals surface area (Å²) in [6.45, 7) is 1.55. The fourth-order valence-electron chi connectivity index (χ4n) is 7.48. The number of fused-ring (bicyclic) bond motifs is 6. The summed E-state index contributed by atoms with van der Waals surface area (Å²) in [7, 11) is 3.64. The van der Waals surface area contributed by atoms with Gasteiger partial charge in [-0.2, -0.15) is 0 Å². The van der Waals surface area contributed by atoms with E-state index in [0.29, 0.717) is 0 Å². The summed E-state index contributed by atoms with van der Waals surface area (Å²) in [6.07, 6.45) is 5.21. The monoisotopic (exact) mass is 488 g/mol. The molecule has 0 aromatic heterocycles. The van der Waals surface area contributed by atoms with Crippen LogP contribution in [-0.4, -0.2) is 27.4 Å². The molecule has 4 aromatic rings. The smallest absolute Gasteiger partial charge is 0.0462 e. The maximum absolute atomic E-state index is 5.59. The zero-order chi connectivity index (χ0) is 25.3. The first-order valence-corrected chi connectivity index (χ1v) is 13.6. The number of rotatable bonds is 10. The molecule has 37 heavy (non-hydrogen) atoms. The molecular weight excluding hydrogens is 452 g/mol. The normalized spacial score (nSPS) is 15.6. The van der Waals surface area contributed by atoms with Crippen molar-refractivity contribution in [1.29, 1.82) is 0 Å². The Kier molecular flexibility index (Phi) is 6.48. The second kappa shape index (κ2) is 9.93. The fraction of sp³-hybridized carbons (Fsp3) is 0.314. The fourth-order valence-corrected chi connectivity index (χ4v) is 7.48. The Bertz CT molecular complexity index is 1200. The van der Waals surface area contributed by atoms with Crippen LogP contribution in [0.15, 0.2) is 97.1 Å².